The number of benzene rings is 2. The predicted molar refractivity (Wildman–Crippen MR) is 100.0 cm³/mol. The molecular formula is C20H24N2O4. The van der Waals surface area contributed by atoms with Crippen LogP contribution in [0.15, 0.2) is 54.6 Å². The van der Waals surface area contributed by atoms with E-state index in [-0.39, 0.29) is 18.4 Å². The molecule has 6 heteroatoms. The zero-order valence-corrected chi connectivity index (χ0v) is 15.1. The highest BCUT2D eigenvalue weighted by Crippen LogP contribution is 2.17. The molecule has 0 aliphatic heterocycles. The number of rotatable bonds is 9. The highest BCUT2D eigenvalue weighted by molar-refractivity contribution is 5.94. The van der Waals surface area contributed by atoms with Gasteiger partial charge in [0, 0.05) is 26.3 Å². The van der Waals surface area contributed by atoms with Crippen LogP contribution in [0.4, 0.5) is 5.69 Å². The van der Waals surface area contributed by atoms with Crippen molar-refractivity contribution in [3.8, 4) is 5.75 Å². The van der Waals surface area contributed by atoms with Crippen LogP contribution < -0.4 is 10.1 Å². The smallest absolute Gasteiger partial charge is 0.243 e. The van der Waals surface area contributed by atoms with Gasteiger partial charge in [0.05, 0.1) is 13.2 Å². The molecule has 2 amide bonds. The Bertz CT molecular complexity index is 702. The molecule has 0 heterocycles. The molecule has 138 valence electrons. The van der Waals surface area contributed by atoms with Crippen LogP contribution in [0.5, 0.6) is 5.75 Å². The van der Waals surface area contributed by atoms with E-state index in [4.69, 9.17) is 9.47 Å². The van der Waals surface area contributed by atoms with Gasteiger partial charge in [-0.15, -0.1) is 0 Å². The maximum atomic E-state index is 12.1. The van der Waals surface area contributed by atoms with Crippen molar-refractivity contribution < 1.29 is 19.1 Å². The van der Waals surface area contributed by atoms with E-state index in [1.54, 1.807) is 31.4 Å². The van der Waals surface area contributed by atoms with Crippen LogP contribution in [0.1, 0.15) is 12.5 Å². The highest BCUT2D eigenvalue weighted by atomic mass is 16.5. The van der Waals surface area contributed by atoms with E-state index in [9.17, 15) is 9.59 Å². The van der Waals surface area contributed by atoms with Crippen LogP contribution in [-0.4, -0.2) is 43.5 Å². The lowest BCUT2D eigenvalue weighted by Crippen LogP contribution is -2.38. The molecule has 26 heavy (non-hydrogen) atoms. The number of carbonyl (C=O) groups is 2. The summed E-state index contributed by atoms with van der Waals surface area (Å²) in [6.45, 7) is 2.68. The first kappa shape index (κ1) is 19.5. The summed E-state index contributed by atoms with van der Waals surface area (Å²) in [6, 6.07) is 17.0. The van der Waals surface area contributed by atoms with E-state index in [2.05, 4.69) is 5.32 Å². The second-order valence-electron chi connectivity index (χ2n) is 5.78. The maximum Gasteiger partial charge on any atom is 0.243 e. The molecule has 0 fully saturated rings. The second kappa shape index (κ2) is 10.2. The fourth-order valence-electron chi connectivity index (χ4n) is 2.30. The maximum absolute atomic E-state index is 12.1. The van der Waals surface area contributed by atoms with Gasteiger partial charge in [-0.05, 0) is 29.8 Å². The molecule has 0 saturated heterocycles. The Balaban J connectivity index is 1.83. The number of nitrogens with one attached hydrogen (secondary N) is 1. The first-order valence-corrected chi connectivity index (χ1v) is 8.39. The first-order chi connectivity index (χ1) is 12.6. The third-order valence-corrected chi connectivity index (χ3v) is 3.73. The fourth-order valence-corrected chi connectivity index (χ4v) is 2.30. The molecule has 0 radical (unpaired) electrons. The molecule has 0 bridgehead atoms. The molecular weight excluding hydrogens is 332 g/mol. The third kappa shape index (κ3) is 6.57. The van der Waals surface area contributed by atoms with Crippen LogP contribution >= 0.6 is 0 Å². The Morgan fingerprint density at radius 2 is 1.73 bits per heavy atom. The summed E-state index contributed by atoms with van der Waals surface area (Å²) >= 11 is 0. The minimum absolute atomic E-state index is 0.00898. The zero-order valence-electron chi connectivity index (χ0n) is 15.1. The molecule has 2 aromatic carbocycles. The number of hydrogen-bond acceptors (Lipinski definition) is 4. The number of anilines is 1. The van der Waals surface area contributed by atoms with Crippen molar-refractivity contribution in [1.29, 1.82) is 0 Å². The van der Waals surface area contributed by atoms with Gasteiger partial charge in [-0.2, -0.15) is 0 Å². The van der Waals surface area contributed by atoms with Crippen LogP contribution in [0, 0.1) is 0 Å². The fraction of sp³-hybridized carbons (Fsp3) is 0.300. The molecule has 0 atom stereocenters. The van der Waals surface area contributed by atoms with Crippen molar-refractivity contribution in [2.24, 2.45) is 0 Å². The summed E-state index contributed by atoms with van der Waals surface area (Å²) in [5.74, 6) is 0.299. The first-order valence-electron chi connectivity index (χ1n) is 8.39. The number of amides is 2. The quantitative estimate of drug-likeness (QED) is 0.750. The van der Waals surface area contributed by atoms with Gasteiger partial charge >= 0.3 is 0 Å². The Labute approximate surface area is 153 Å². The minimum Gasteiger partial charge on any atom is -0.489 e. The predicted octanol–water partition coefficient (Wildman–Crippen LogP) is 2.70. The number of carbonyl (C=O) groups excluding carboxylic acids is 2. The summed E-state index contributed by atoms with van der Waals surface area (Å²) in [7, 11) is 1.56. The third-order valence-electron chi connectivity index (χ3n) is 3.73. The lowest BCUT2D eigenvalue weighted by atomic mass is 10.2. The Morgan fingerprint density at radius 1 is 1.04 bits per heavy atom. The average molecular weight is 356 g/mol. The van der Waals surface area contributed by atoms with Crippen molar-refractivity contribution in [3.63, 3.8) is 0 Å². The minimum atomic E-state index is -0.255. The molecule has 1 N–H and O–H groups in total. The molecule has 0 aliphatic rings. The lowest BCUT2D eigenvalue weighted by Gasteiger charge is -2.20. The van der Waals surface area contributed by atoms with E-state index >= 15 is 0 Å². The van der Waals surface area contributed by atoms with Crippen molar-refractivity contribution in [3.05, 3.63) is 60.2 Å². The van der Waals surface area contributed by atoms with Crippen LogP contribution in [0.2, 0.25) is 0 Å². The number of nitrogens with zero attached hydrogens (tertiary/aromatic N) is 1. The summed E-state index contributed by atoms with van der Waals surface area (Å²) in [6.07, 6.45) is 0. The van der Waals surface area contributed by atoms with Crippen molar-refractivity contribution in [1.82, 2.24) is 4.90 Å². The molecule has 0 aromatic heterocycles. The summed E-state index contributed by atoms with van der Waals surface area (Å²) < 4.78 is 10.7. The molecule has 2 rings (SSSR count). The summed E-state index contributed by atoms with van der Waals surface area (Å²) in [5.41, 5.74) is 1.74. The standard InChI is InChI=1S/C20H24N2O4/c1-16(23)22(12-13-25-2)14-20(24)21-18-8-10-19(11-9-18)26-15-17-6-4-3-5-7-17/h3-11H,12-15H2,1-2H3,(H,21,24). The number of ether oxygens (including phenoxy) is 2. The summed E-state index contributed by atoms with van der Waals surface area (Å²) in [4.78, 5) is 25.1. The van der Waals surface area contributed by atoms with Gasteiger partial charge < -0.3 is 19.7 Å². The highest BCUT2D eigenvalue weighted by Gasteiger charge is 2.13. The number of methoxy groups -OCH3 is 1. The van der Waals surface area contributed by atoms with Crippen molar-refractivity contribution in [2.75, 3.05) is 32.1 Å². The molecule has 0 unspecified atom stereocenters. The SMILES string of the molecule is COCCN(CC(=O)Nc1ccc(OCc2ccccc2)cc1)C(C)=O. The van der Waals surface area contributed by atoms with E-state index in [0.29, 0.717) is 25.4 Å². The molecule has 2 aromatic rings. The van der Waals surface area contributed by atoms with E-state index in [0.717, 1.165) is 11.3 Å². The van der Waals surface area contributed by atoms with Gasteiger partial charge in [0.15, 0.2) is 0 Å². The second-order valence-corrected chi connectivity index (χ2v) is 5.78. The summed E-state index contributed by atoms with van der Waals surface area (Å²) in [5, 5.41) is 2.78. The Morgan fingerprint density at radius 3 is 2.35 bits per heavy atom. The van der Waals surface area contributed by atoms with Crippen LogP contribution in [0.25, 0.3) is 0 Å². The van der Waals surface area contributed by atoms with Gasteiger partial charge in [0.2, 0.25) is 11.8 Å². The average Bonchev–Trinajstić information content (AvgIpc) is 2.65. The molecule has 0 aliphatic carbocycles. The Hall–Kier alpha value is -2.86. The molecule has 0 spiro atoms. The van der Waals surface area contributed by atoms with Crippen molar-refractivity contribution >= 4 is 17.5 Å². The largest absolute Gasteiger partial charge is 0.489 e. The zero-order chi connectivity index (χ0) is 18.8. The van der Waals surface area contributed by atoms with Crippen LogP contribution in [0.3, 0.4) is 0 Å². The van der Waals surface area contributed by atoms with Gasteiger partial charge in [-0.1, -0.05) is 30.3 Å². The van der Waals surface area contributed by atoms with E-state index in [1.807, 2.05) is 30.3 Å². The topological polar surface area (TPSA) is 67.9 Å². The normalized spacial score (nSPS) is 10.2. The van der Waals surface area contributed by atoms with Gasteiger partial charge in [0.25, 0.3) is 0 Å². The van der Waals surface area contributed by atoms with Crippen LogP contribution in [-0.2, 0) is 20.9 Å². The Kier molecular flexibility index (Phi) is 7.64. The van der Waals surface area contributed by atoms with Gasteiger partial charge in [0.1, 0.15) is 12.4 Å². The van der Waals surface area contributed by atoms with E-state index in [1.165, 1.54) is 11.8 Å². The monoisotopic (exact) mass is 356 g/mol. The molecule has 6 nitrogen and oxygen atoms in total. The van der Waals surface area contributed by atoms with E-state index < -0.39 is 0 Å². The number of hydrogen-bond donors (Lipinski definition) is 1. The lowest BCUT2D eigenvalue weighted by molar-refractivity contribution is -0.133. The van der Waals surface area contributed by atoms with Gasteiger partial charge in [-0.3, -0.25) is 9.59 Å². The van der Waals surface area contributed by atoms with Crippen molar-refractivity contribution in [2.45, 2.75) is 13.5 Å². The molecule has 0 saturated carbocycles. The van der Waals surface area contributed by atoms with Gasteiger partial charge in [-0.25, -0.2) is 0 Å².